The number of Topliss-reactive ketones (excluding diaryl/α,β-unsaturated/α-hetero) is 2. The number of hydrogen-bond donors (Lipinski definition) is 1. The van der Waals surface area contributed by atoms with E-state index in [1.807, 2.05) is 0 Å². The minimum atomic E-state index is -0.782. The van der Waals surface area contributed by atoms with Crippen LogP contribution in [0.15, 0.2) is 0 Å². The average Bonchev–Trinajstić information content (AvgIpc) is 1.58. The molecule has 0 aliphatic heterocycles. The number of hydrogen-bond acceptors (Lipinski definition) is 3. The Labute approximate surface area is 60.0 Å². The van der Waals surface area contributed by atoms with Crippen molar-refractivity contribution in [1.82, 2.24) is 0 Å². The zero-order chi connectivity index (χ0) is 8.15. The predicted octanol–water partition coefficient (Wildman–Crippen LogP) is 0.305. The smallest absolute Gasteiger partial charge is 0.132 e. The van der Waals surface area contributed by atoms with Gasteiger partial charge < -0.3 is 5.11 Å². The van der Waals surface area contributed by atoms with E-state index in [4.69, 9.17) is 5.11 Å². The van der Waals surface area contributed by atoms with Crippen LogP contribution >= 0.6 is 0 Å². The van der Waals surface area contributed by atoms with Gasteiger partial charge in [0.15, 0.2) is 0 Å². The lowest BCUT2D eigenvalue weighted by Crippen LogP contribution is -2.14. The van der Waals surface area contributed by atoms with Crippen LogP contribution in [-0.4, -0.2) is 22.8 Å². The highest BCUT2D eigenvalue weighted by Gasteiger charge is 2.08. The summed E-state index contributed by atoms with van der Waals surface area (Å²) in [5.74, 6) is -0.178. The molecular formula is C7H12O3. The lowest BCUT2D eigenvalue weighted by molar-refractivity contribution is -0.121. The molecule has 3 heteroatoms. The Kier molecular flexibility index (Phi) is 3.88. The third kappa shape index (κ3) is 5.44. The molecule has 0 spiro atoms. The molecule has 0 fully saturated rings. The second-order valence-corrected chi connectivity index (χ2v) is 2.47. The fraction of sp³-hybridized carbons (Fsp3) is 0.714. The molecule has 0 rings (SSSR count). The van der Waals surface area contributed by atoms with Crippen LogP contribution in [0.25, 0.3) is 0 Å². The van der Waals surface area contributed by atoms with Crippen molar-refractivity contribution in [2.24, 2.45) is 0 Å². The molecule has 0 aromatic heterocycles. The molecule has 10 heavy (non-hydrogen) atoms. The van der Waals surface area contributed by atoms with Crippen molar-refractivity contribution in [2.45, 2.75) is 32.8 Å². The van der Waals surface area contributed by atoms with Crippen molar-refractivity contribution in [2.75, 3.05) is 0 Å². The van der Waals surface area contributed by atoms with Crippen LogP contribution in [0.2, 0.25) is 0 Å². The van der Waals surface area contributed by atoms with Gasteiger partial charge in [-0.2, -0.15) is 0 Å². The molecule has 0 aromatic carbocycles. The van der Waals surface area contributed by atoms with Gasteiger partial charge in [0.2, 0.25) is 0 Å². The third-order valence-electron chi connectivity index (χ3n) is 1.05. The largest absolute Gasteiger partial charge is 0.392 e. The van der Waals surface area contributed by atoms with Crippen LogP contribution in [0.1, 0.15) is 26.7 Å². The number of carbonyl (C=O) groups is 2. The van der Waals surface area contributed by atoms with Crippen LogP contribution in [0.5, 0.6) is 0 Å². The summed E-state index contributed by atoms with van der Waals surface area (Å²) >= 11 is 0. The van der Waals surface area contributed by atoms with E-state index < -0.39 is 6.10 Å². The van der Waals surface area contributed by atoms with Crippen LogP contribution < -0.4 is 0 Å². The molecule has 0 atom stereocenters. The van der Waals surface area contributed by atoms with Crippen LogP contribution in [0.3, 0.4) is 0 Å². The molecule has 0 saturated carbocycles. The van der Waals surface area contributed by atoms with E-state index in [1.54, 1.807) is 0 Å². The minimum absolute atomic E-state index is 0.0829. The van der Waals surface area contributed by atoms with Crippen molar-refractivity contribution < 1.29 is 14.7 Å². The molecular weight excluding hydrogens is 132 g/mol. The summed E-state index contributed by atoms with van der Waals surface area (Å²) in [5, 5.41) is 8.95. The van der Waals surface area contributed by atoms with Crippen molar-refractivity contribution in [1.29, 1.82) is 0 Å². The summed E-state index contributed by atoms with van der Waals surface area (Å²) in [4.78, 5) is 20.7. The van der Waals surface area contributed by atoms with E-state index in [0.717, 1.165) is 0 Å². The molecule has 1 N–H and O–H groups in total. The number of aliphatic hydroxyl groups excluding tert-OH is 1. The molecule has 58 valence electrons. The first-order chi connectivity index (χ1) is 4.52. The fourth-order valence-corrected chi connectivity index (χ4v) is 0.736. The zero-order valence-electron chi connectivity index (χ0n) is 6.26. The lowest BCUT2D eigenvalue weighted by Gasteiger charge is -2.03. The molecule has 0 saturated heterocycles. The van der Waals surface area contributed by atoms with Gasteiger partial charge in [0.1, 0.15) is 11.6 Å². The summed E-state index contributed by atoms with van der Waals surface area (Å²) in [5.41, 5.74) is 0. The van der Waals surface area contributed by atoms with Gasteiger partial charge in [-0.25, -0.2) is 0 Å². The summed E-state index contributed by atoms with van der Waals surface area (Å²) < 4.78 is 0. The molecule has 0 unspecified atom stereocenters. The van der Waals surface area contributed by atoms with Crippen molar-refractivity contribution >= 4 is 11.6 Å². The summed E-state index contributed by atoms with van der Waals surface area (Å²) in [6.45, 7) is 2.78. The molecule has 0 aliphatic carbocycles. The van der Waals surface area contributed by atoms with E-state index in [9.17, 15) is 9.59 Å². The number of aliphatic hydroxyl groups is 1. The van der Waals surface area contributed by atoms with Crippen molar-refractivity contribution in [3.8, 4) is 0 Å². The van der Waals surface area contributed by atoms with E-state index in [2.05, 4.69) is 0 Å². The Bertz CT molecular complexity index is 124. The molecule has 0 bridgehead atoms. The van der Waals surface area contributed by atoms with Crippen LogP contribution in [-0.2, 0) is 9.59 Å². The van der Waals surface area contributed by atoms with Crippen molar-refractivity contribution in [3.05, 3.63) is 0 Å². The van der Waals surface area contributed by atoms with E-state index >= 15 is 0 Å². The summed E-state index contributed by atoms with van der Waals surface area (Å²) in [6.07, 6.45) is -0.617. The number of ketones is 2. The molecule has 0 aromatic rings. The van der Waals surface area contributed by atoms with Gasteiger partial charge in [-0.15, -0.1) is 0 Å². The van der Waals surface area contributed by atoms with Gasteiger partial charge in [-0.1, -0.05) is 0 Å². The van der Waals surface area contributed by atoms with Crippen LogP contribution in [0.4, 0.5) is 0 Å². The highest BCUT2D eigenvalue weighted by Crippen LogP contribution is 1.98. The molecule has 0 aliphatic rings. The Morgan fingerprint density at radius 3 is 1.70 bits per heavy atom. The zero-order valence-corrected chi connectivity index (χ0v) is 6.26. The molecule has 0 radical (unpaired) electrons. The van der Waals surface area contributed by atoms with Gasteiger partial charge in [0.25, 0.3) is 0 Å². The van der Waals surface area contributed by atoms with E-state index in [1.165, 1.54) is 13.8 Å². The van der Waals surface area contributed by atoms with Gasteiger partial charge in [0, 0.05) is 12.8 Å². The Morgan fingerprint density at radius 2 is 1.50 bits per heavy atom. The monoisotopic (exact) mass is 144 g/mol. The Balaban J connectivity index is 3.53. The number of rotatable bonds is 4. The topological polar surface area (TPSA) is 54.4 Å². The average molecular weight is 144 g/mol. The van der Waals surface area contributed by atoms with Crippen LogP contribution in [0, 0.1) is 0 Å². The first-order valence-electron chi connectivity index (χ1n) is 3.19. The second kappa shape index (κ2) is 4.17. The fourth-order valence-electron chi connectivity index (χ4n) is 0.736. The maximum Gasteiger partial charge on any atom is 0.132 e. The Hall–Kier alpha value is -0.700. The standard InChI is InChI=1S/C7H12O3/c1-5(8)3-7(10)4-6(2)9/h7,10H,3-4H2,1-2H3. The quantitative estimate of drug-likeness (QED) is 0.617. The number of carbonyl (C=O) groups excluding carboxylic acids is 2. The maximum absolute atomic E-state index is 10.4. The van der Waals surface area contributed by atoms with Gasteiger partial charge in [-0.05, 0) is 13.8 Å². The van der Waals surface area contributed by atoms with Crippen molar-refractivity contribution in [3.63, 3.8) is 0 Å². The van der Waals surface area contributed by atoms with E-state index in [0.29, 0.717) is 0 Å². The second-order valence-electron chi connectivity index (χ2n) is 2.47. The van der Waals surface area contributed by atoms with E-state index in [-0.39, 0.29) is 24.4 Å². The first-order valence-corrected chi connectivity index (χ1v) is 3.19. The maximum atomic E-state index is 10.4. The summed E-state index contributed by atoms with van der Waals surface area (Å²) in [7, 11) is 0. The highest BCUT2D eigenvalue weighted by molar-refractivity contribution is 5.79. The van der Waals surface area contributed by atoms with Gasteiger partial charge >= 0.3 is 0 Å². The molecule has 0 amide bonds. The first kappa shape index (κ1) is 9.30. The lowest BCUT2D eigenvalue weighted by atomic mass is 10.1. The summed E-state index contributed by atoms with van der Waals surface area (Å²) in [6, 6.07) is 0. The molecule has 0 heterocycles. The van der Waals surface area contributed by atoms with Gasteiger partial charge in [-0.3, -0.25) is 9.59 Å². The Morgan fingerprint density at radius 1 is 1.20 bits per heavy atom. The third-order valence-corrected chi connectivity index (χ3v) is 1.05. The highest BCUT2D eigenvalue weighted by atomic mass is 16.3. The molecule has 3 nitrogen and oxygen atoms in total. The van der Waals surface area contributed by atoms with Gasteiger partial charge in [0.05, 0.1) is 6.10 Å². The minimum Gasteiger partial charge on any atom is -0.392 e. The normalized spacial score (nSPS) is 10.0. The SMILES string of the molecule is CC(=O)CC(O)CC(C)=O. The predicted molar refractivity (Wildman–Crippen MR) is 36.6 cm³/mol.